The van der Waals surface area contributed by atoms with E-state index in [0.29, 0.717) is 6.54 Å². The lowest BCUT2D eigenvalue weighted by Gasteiger charge is -2.41. The molecular weight excluding hydrogens is 605 g/mol. The summed E-state index contributed by atoms with van der Waals surface area (Å²) >= 11 is 0. The highest BCUT2D eigenvalue weighted by Crippen LogP contribution is 2.45. The fourth-order valence-electron chi connectivity index (χ4n) is 7.60. The van der Waals surface area contributed by atoms with Crippen LogP contribution in [0, 0.1) is 6.20 Å². The molecule has 1 unspecified atom stereocenters. The number of methoxy groups -OCH3 is 2. The van der Waals surface area contributed by atoms with Crippen LogP contribution in [-0.4, -0.2) is 66.7 Å². The number of hydrogen-bond acceptors (Lipinski definition) is 5. The average Bonchev–Trinajstić information content (AvgIpc) is 3.85. The zero-order valence-corrected chi connectivity index (χ0v) is 26.6. The Bertz CT molecular complexity index is 1760. The quantitative estimate of drug-likeness (QED) is 0.212. The van der Waals surface area contributed by atoms with Crippen LogP contribution >= 0.6 is 0 Å². The van der Waals surface area contributed by atoms with Gasteiger partial charge in [0.2, 0.25) is 0 Å². The number of ether oxygens (including phenoxy) is 2. The van der Waals surface area contributed by atoms with Crippen molar-refractivity contribution in [2.75, 3.05) is 45.3 Å². The first-order valence-electron chi connectivity index (χ1n) is 16.2. The highest BCUT2D eigenvalue weighted by molar-refractivity contribution is 6.09. The molecule has 1 radical (unpaired) electrons. The number of aromatic nitrogens is 1. The van der Waals surface area contributed by atoms with E-state index in [0.717, 1.165) is 62.0 Å². The van der Waals surface area contributed by atoms with E-state index in [1.807, 2.05) is 41.3 Å². The van der Waals surface area contributed by atoms with E-state index in [4.69, 9.17) is 9.47 Å². The zero-order chi connectivity index (χ0) is 32.7. The minimum absolute atomic E-state index is 0.0534. The molecule has 3 aliphatic rings. The largest absolute Gasteiger partial charge is 0.496 e. The number of rotatable bonds is 7. The topological polar surface area (TPSA) is 50.2 Å². The van der Waals surface area contributed by atoms with Crippen LogP contribution in [0.15, 0.2) is 72.8 Å². The molecule has 3 aliphatic heterocycles. The molecule has 7 nitrogen and oxygen atoms in total. The van der Waals surface area contributed by atoms with Gasteiger partial charge in [-0.15, -0.1) is 0 Å². The molecule has 4 aromatic rings. The van der Waals surface area contributed by atoms with Crippen molar-refractivity contribution in [3.8, 4) is 22.6 Å². The summed E-state index contributed by atoms with van der Waals surface area (Å²) in [6, 6.07) is 20.4. The molecule has 0 saturated carbocycles. The van der Waals surface area contributed by atoms with Crippen LogP contribution in [0.1, 0.15) is 59.0 Å². The average molecular weight is 644 g/mol. The van der Waals surface area contributed by atoms with E-state index in [-0.39, 0.29) is 40.1 Å². The smallest absolute Gasteiger partial charge is 0.417 e. The summed E-state index contributed by atoms with van der Waals surface area (Å²) in [5, 5.41) is 0. The van der Waals surface area contributed by atoms with Crippen LogP contribution in [0.2, 0.25) is 0 Å². The molecular formula is C37H38F3N4O3. The molecule has 0 bridgehead atoms. The Labute approximate surface area is 273 Å². The predicted molar refractivity (Wildman–Crippen MR) is 174 cm³/mol. The Hall–Kier alpha value is -4.28. The standard InChI is InChI=1S/C37H38F3N4O3/c1-46-33-22-29(34(47-2)21-28(33)27-13-4-5-14-30(27)37(38,39)40)36(45)44-31-15-6-3-11-25(31)23-42-19-10-16-32(42)35(44)43-20-9-12-26(43)24-41-17-7-8-18-41/h3-6,10-11,13-16,21-22,26,35H,7-9,12,17-18,20,23-24H2,1-2H3/t26-,35?/m0/s1. The third kappa shape index (κ3) is 5.78. The first-order valence-corrected chi connectivity index (χ1v) is 16.2. The minimum Gasteiger partial charge on any atom is -0.496 e. The van der Waals surface area contributed by atoms with Gasteiger partial charge in [0.15, 0.2) is 0 Å². The maximum Gasteiger partial charge on any atom is 0.417 e. The van der Waals surface area contributed by atoms with E-state index in [2.05, 4.69) is 20.6 Å². The summed E-state index contributed by atoms with van der Waals surface area (Å²) in [6.07, 6.45) is 2.81. The Balaban J connectivity index is 1.37. The molecule has 4 heterocycles. The second kappa shape index (κ2) is 12.7. The van der Waals surface area contributed by atoms with Gasteiger partial charge >= 0.3 is 6.18 Å². The van der Waals surface area contributed by atoms with Crippen LogP contribution in [0.3, 0.4) is 0 Å². The van der Waals surface area contributed by atoms with Crippen molar-refractivity contribution >= 4 is 11.6 Å². The van der Waals surface area contributed by atoms with Crippen molar-refractivity contribution in [1.82, 2.24) is 14.4 Å². The van der Waals surface area contributed by atoms with Crippen molar-refractivity contribution in [2.24, 2.45) is 0 Å². The predicted octanol–water partition coefficient (Wildman–Crippen LogP) is 7.26. The Kier molecular flexibility index (Phi) is 8.48. The molecule has 2 saturated heterocycles. The molecule has 3 aromatic carbocycles. The van der Waals surface area contributed by atoms with Crippen molar-refractivity contribution in [2.45, 2.75) is 50.6 Å². The third-order valence-electron chi connectivity index (χ3n) is 9.78. The van der Waals surface area contributed by atoms with Crippen molar-refractivity contribution < 1.29 is 27.4 Å². The summed E-state index contributed by atoms with van der Waals surface area (Å²) < 4.78 is 55.8. The molecule has 0 spiro atoms. The fraction of sp³-hybridized carbons (Fsp3) is 0.378. The second-order valence-electron chi connectivity index (χ2n) is 12.5. The third-order valence-corrected chi connectivity index (χ3v) is 9.78. The highest BCUT2D eigenvalue weighted by atomic mass is 19.4. The van der Waals surface area contributed by atoms with Crippen molar-refractivity contribution in [3.05, 3.63) is 101 Å². The number of nitrogens with zero attached hydrogens (tertiary/aromatic N) is 4. The van der Waals surface area contributed by atoms with E-state index >= 15 is 4.79 Å². The van der Waals surface area contributed by atoms with Crippen LogP contribution in [-0.2, 0) is 12.7 Å². The normalized spacial score (nSPS) is 20.1. The van der Waals surface area contributed by atoms with E-state index in [1.54, 1.807) is 6.07 Å². The SMILES string of the molecule is COc1cc(-c2ccccc2C(F)(F)F)c(OC)cc1C(=O)N1c2ccccc2Cn2[c]ccc2C1N1CCC[C@H]1CN1CCCC1. The second-order valence-corrected chi connectivity index (χ2v) is 12.5. The van der Waals surface area contributed by atoms with E-state index < -0.39 is 17.9 Å². The maximum absolute atomic E-state index is 15.1. The molecule has 2 fully saturated rings. The number of halogens is 3. The lowest BCUT2D eigenvalue weighted by atomic mass is 9.96. The molecule has 0 aliphatic carbocycles. The zero-order valence-electron chi connectivity index (χ0n) is 26.6. The monoisotopic (exact) mass is 643 g/mol. The first-order chi connectivity index (χ1) is 22.8. The Morgan fingerprint density at radius 2 is 1.64 bits per heavy atom. The van der Waals surface area contributed by atoms with Gasteiger partial charge in [0.05, 0.1) is 49.5 Å². The summed E-state index contributed by atoms with van der Waals surface area (Å²) in [6.45, 7) is 4.50. The number of carbonyl (C=O) groups excluding carboxylic acids is 1. The summed E-state index contributed by atoms with van der Waals surface area (Å²) in [5.41, 5.74) is 2.25. The summed E-state index contributed by atoms with van der Waals surface area (Å²) in [4.78, 5) is 22.0. The molecule has 0 N–H and O–H groups in total. The van der Waals surface area contributed by atoms with Gasteiger partial charge in [0.1, 0.15) is 17.7 Å². The minimum atomic E-state index is -4.58. The van der Waals surface area contributed by atoms with E-state index in [1.165, 1.54) is 51.3 Å². The van der Waals surface area contributed by atoms with Crippen molar-refractivity contribution in [3.63, 3.8) is 0 Å². The molecule has 10 heteroatoms. The number of hydrogen-bond donors (Lipinski definition) is 0. The molecule has 245 valence electrons. The van der Waals surface area contributed by atoms with Crippen molar-refractivity contribution in [1.29, 1.82) is 0 Å². The number of benzene rings is 3. The van der Waals surface area contributed by atoms with Crippen LogP contribution in [0.25, 0.3) is 11.1 Å². The van der Waals surface area contributed by atoms with Gasteiger partial charge in [0.25, 0.3) is 5.91 Å². The van der Waals surface area contributed by atoms with Gasteiger partial charge in [-0.2, -0.15) is 13.2 Å². The Morgan fingerprint density at radius 3 is 2.40 bits per heavy atom. The molecule has 2 atom stereocenters. The molecule has 47 heavy (non-hydrogen) atoms. The lowest BCUT2D eigenvalue weighted by molar-refractivity contribution is -0.137. The fourth-order valence-corrected chi connectivity index (χ4v) is 7.60. The number of para-hydroxylation sites is 1. The number of likely N-dealkylation sites (tertiary alicyclic amines) is 2. The number of carbonyl (C=O) groups is 1. The number of anilines is 1. The van der Waals surface area contributed by atoms with Crippen LogP contribution < -0.4 is 14.4 Å². The highest BCUT2D eigenvalue weighted by Gasteiger charge is 2.43. The lowest BCUT2D eigenvalue weighted by Crippen LogP contribution is -2.49. The number of alkyl halides is 3. The first kappa shape index (κ1) is 31.3. The van der Waals surface area contributed by atoms with Gasteiger partial charge in [-0.25, -0.2) is 0 Å². The van der Waals surface area contributed by atoms with Gasteiger partial charge in [-0.05, 0) is 86.3 Å². The van der Waals surface area contributed by atoms with Gasteiger partial charge in [-0.1, -0.05) is 36.4 Å². The molecule has 7 rings (SSSR count). The Morgan fingerprint density at radius 1 is 0.894 bits per heavy atom. The van der Waals surface area contributed by atoms with E-state index in [9.17, 15) is 13.2 Å². The summed E-state index contributed by atoms with van der Waals surface area (Å²) in [7, 11) is 2.83. The number of amides is 1. The van der Waals surface area contributed by atoms with Gasteiger partial charge in [0, 0.05) is 24.7 Å². The van der Waals surface area contributed by atoms with Crippen LogP contribution in [0.5, 0.6) is 11.5 Å². The summed E-state index contributed by atoms with van der Waals surface area (Å²) in [5.74, 6) is -0.00901. The molecule has 1 amide bonds. The van der Waals surface area contributed by atoms with Gasteiger partial charge < -0.3 is 18.9 Å². The maximum atomic E-state index is 15.1. The van der Waals surface area contributed by atoms with Gasteiger partial charge in [-0.3, -0.25) is 14.6 Å². The molecule has 1 aromatic heterocycles. The number of fused-ring (bicyclic) bond motifs is 2. The van der Waals surface area contributed by atoms with Crippen LogP contribution in [0.4, 0.5) is 18.9 Å².